The molecule has 10 heavy (non-hydrogen) atoms. The molecule has 0 aromatic rings. The standard InChI is InChI=1S/C6H10FIO2/c7-6-1-8(6)4-9-2-5-3-10-5/h5-6H,1-4H2. The van der Waals surface area contributed by atoms with Crippen LogP contribution >= 0.6 is 19.8 Å². The van der Waals surface area contributed by atoms with Crippen LogP contribution in [0.15, 0.2) is 0 Å². The van der Waals surface area contributed by atoms with Gasteiger partial charge in [0.2, 0.25) is 0 Å². The Morgan fingerprint density at radius 2 is 2.40 bits per heavy atom. The molecule has 2 aliphatic heterocycles. The minimum absolute atomic E-state index is 0.342. The van der Waals surface area contributed by atoms with Crippen molar-refractivity contribution in [1.82, 2.24) is 0 Å². The summed E-state index contributed by atoms with van der Waals surface area (Å²) in [5, 5.41) is 0. The van der Waals surface area contributed by atoms with Crippen LogP contribution in [0.2, 0.25) is 0 Å². The van der Waals surface area contributed by atoms with E-state index in [2.05, 4.69) is 0 Å². The van der Waals surface area contributed by atoms with Gasteiger partial charge in [0.25, 0.3) is 0 Å². The molecule has 2 nitrogen and oxygen atoms in total. The zero-order chi connectivity index (χ0) is 6.97. The Balaban J connectivity index is 1.48. The summed E-state index contributed by atoms with van der Waals surface area (Å²) < 4.78 is 23.6. The maximum absolute atomic E-state index is 12.3. The predicted molar refractivity (Wildman–Crippen MR) is 44.3 cm³/mol. The molecule has 0 N–H and O–H groups in total. The quantitative estimate of drug-likeness (QED) is 0.430. The minimum atomic E-state index is -1.14. The maximum atomic E-state index is 12.3. The summed E-state index contributed by atoms with van der Waals surface area (Å²) in [5.41, 5.74) is 0. The number of rotatable bonds is 4. The Hall–Kier alpha value is 0.580. The Bertz CT molecular complexity index is 129. The summed E-state index contributed by atoms with van der Waals surface area (Å²) in [6, 6.07) is 0. The van der Waals surface area contributed by atoms with Gasteiger partial charge in [-0.2, -0.15) is 0 Å². The van der Waals surface area contributed by atoms with Crippen LogP contribution in [0.1, 0.15) is 0 Å². The fourth-order valence-electron chi connectivity index (χ4n) is 0.668. The SMILES string of the molecule is FC1CI1COCC1CO1. The van der Waals surface area contributed by atoms with Crippen molar-refractivity contribution >= 4 is 19.8 Å². The number of halogens is 2. The molecule has 0 radical (unpaired) electrons. The Morgan fingerprint density at radius 3 is 2.90 bits per heavy atom. The van der Waals surface area contributed by atoms with E-state index >= 15 is 0 Å². The van der Waals surface area contributed by atoms with E-state index in [0.29, 0.717) is 12.7 Å². The van der Waals surface area contributed by atoms with Gasteiger partial charge in [0.05, 0.1) is 0 Å². The van der Waals surface area contributed by atoms with Crippen LogP contribution in [0.4, 0.5) is 4.39 Å². The number of ether oxygens (including phenoxy) is 2. The van der Waals surface area contributed by atoms with Crippen LogP contribution in [0, 0.1) is 0 Å². The number of hydrogen-bond donors (Lipinski definition) is 0. The van der Waals surface area contributed by atoms with Crippen LogP contribution in [0.3, 0.4) is 0 Å². The molecule has 2 aliphatic rings. The number of alkyl halides is 4. The first-order valence-electron chi connectivity index (χ1n) is 3.30. The van der Waals surface area contributed by atoms with Crippen molar-refractivity contribution in [2.24, 2.45) is 0 Å². The Labute approximate surface area is 66.5 Å². The van der Waals surface area contributed by atoms with Crippen molar-refractivity contribution in [1.29, 1.82) is 0 Å². The second-order valence-electron chi connectivity index (χ2n) is 2.48. The molecule has 60 valence electrons. The Kier molecular flexibility index (Phi) is 2.10. The summed E-state index contributed by atoms with van der Waals surface area (Å²) in [6.45, 7) is 1.54. The molecular formula is C6H10FIO2. The van der Waals surface area contributed by atoms with E-state index in [1.165, 1.54) is 0 Å². The summed E-state index contributed by atoms with van der Waals surface area (Å²) >= 11 is -1.14. The molecule has 2 rings (SSSR count). The Morgan fingerprint density at radius 1 is 1.70 bits per heavy atom. The molecule has 0 aliphatic carbocycles. The molecule has 0 aromatic carbocycles. The van der Waals surface area contributed by atoms with Gasteiger partial charge >= 0.3 is 66.2 Å². The van der Waals surface area contributed by atoms with Crippen LogP contribution < -0.4 is 0 Å². The average Bonchev–Trinajstić information content (AvgIpc) is 2.73. The second kappa shape index (κ2) is 2.91. The summed E-state index contributed by atoms with van der Waals surface area (Å²) in [6.07, 6.45) is 0.342. The molecule has 0 aromatic heterocycles. The molecule has 2 fully saturated rings. The molecule has 2 unspecified atom stereocenters. The fraction of sp³-hybridized carbons (Fsp3) is 1.00. The molecule has 0 spiro atoms. The van der Waals surface area contributed by atoms with Crippen LogP contribution in [0.25, 0.3) is 0 Å². The normalized spacial score (nSPS) is 39.9. The third-order valence-corrected chi connectivity index (χ3v) is 5.84. The summed E-state index contributed by atoms with van der Waals surface area (Å²) in [5.74, 6) is 0. The number of hydrogen-bond acceptors (Lipinski definition) is 2. The van der Waals surface area contributed by atoms with Gasteiger partial charge in [0.15, 0.2) is 0 Å². The first kappa shape index (κ1) is 7.24. The van der Waals surface area contributed by atoms with Gasteiger partial charge in [-0.1, -0.05) is 0 Å². The second-order valence-corrected chi connectivity index (χ2v) is 8.17. The van der Waals surface area contributed by atoms with Crippen molar-refractivity contribution in [3.05, 3.63) is 0 Å². The van der Waals surface area contributed by atoms with Crippen LogP contribution in [-0.2, 0) is 9.47 Å². The van der Waals surface area contributed by atoms with Gasteiger partial charge in [-0.3, -0.25) is 0 Å². The number of epoxide rings is 1. The van der Waals surface area contributed by atoms with Crippen molar-refractivity contribution in [2.45, 2.75) is 10.3 Å². The zero-order valence-corrected chi connectivity index (χ0v) is 7.71. The van der Waals surface area contributed by atoms with Gasteiger partial charge in [-0.15, -0.1) is 0 Å². The predicted octanol–water partition coefficient (Wildman–Crippen LogP) is 1.17. The van der Waals surface area contributed by atoms with Gasteiger partial charge in [0, 0.05) is 0 Å². The zero-order valence-electron chi connectivity index (χ0n) is 5.56. The summed E-state index contributed by atoms with van der Waals surface area (Å²) in [7, 11) is 0. The molecule has 2 atom stereocenters. The van der Waals surface area contributed by atoms with Gasteiger partial charge in [0.1, 0.15) is 0 Å². The molecule has 0 amide bonds. The van der Waals surface area contributed by atoms with Crippen molar-refractivity contribution in [3.8, 4) is 0 Å². The van der Waals surface area contributed by atoms with Crippen molar-refractivity contribution in [3.63, 3.8) is 0 Å². The van der Waals surface area contributed by atoms with E-state index in [-0.39, 0.29) is 0 Å². The molecule has 0 bridgehead atoms. The van der Waals surface area contributed by atoms with Gasteiger partial charge < -0.3 is 0 Å². The molecule has 2 saturated heterocycles. The van der Waals surface area contributed by atoms with E-state index in [1.54, 1.807) is 0 Å². The van der Waals surface area contributed by atoms with Crippen LogP contribution in [0.5, 0.6) is 0 Å². The summed E-state index contributed by atoms with van der Waals surface area (Å²) in [4.78, 5) is 0. The third-order valence-electron chi connectivity index (χ3n) is 1.47. The molecular weight excluding hydrogens is 250 g/mol. The van der Waals surface area contributed by atoms with E-state index in [9.17, 15) is 4.39 Å². The molecule has 2 heterocycles. The van der Waals surface area contributed by atoms with Crippen LogP contribution in [-0.4, -0.2) is 32.5 Å². The van der Waals surface area contributed by atoms with E-state index in [4.69, 9.17) is 9.47 Å². The van der Waals surface area contributed by atoms with E-state index < -0.39 is 24.0 Å². The fourth-order valence-corrected chi connectivity index (χ4v) is 4.37. The third kappa shape index (κ3) is 2.03. The van der Waals surface area contributed by atoms with Crippen molar-refractivity contribution < 1.29 is 13.9 Å². The van der Waals surface area contributed by atoms with E-state index in [0.717, 1.165) is 15.6 Å². The average molecular weight is 260 g/mol. The monoisotopic (exact) mass is 260 g/mol. The van der Waals surface area contributed by atoms with Gasteiger partial charge in [-0.25, -0.2) is 0 Å². The molecule has 0 saturated carbocycles. The first-order chi connectivity index (χ1) is 4.86. The van der Waals surface area contributed by atoms with Gasteiger partial charge in [-0.05, 0) is 0 Å². The first-order valence-corrected chi connectivity index (χ1v) is 7.59. The van der Waals surface area contributed by atoms with Crippen molar-refractivity contribution in [2.75, 3.05) is 22.3 Å². The molecule has 4 heteroatoms. The van der Waals surface area contributed by atoms with E-state index in [1.807, 2.05) is 0 Å². The topological polar surface area (TPSA) is 21.8 Å².